The van der Waals surface area contributed by atoms with E-state index in [1.54, 1.807) is 36.4 Å². The molecule has 0 N–H and O–H groups in total. The Morgan fingerprint density at radius 1 is 1.06 bits per heavy atom. The van der Waals surface area contributed by atoms with Crippen LogP contribution >= 0.6 is 15.9 Å². The van der Waals surface area contributed by atoms with Crippen molar-refractivity contribution in [1.29, 1.82) is 5.26 Å². The van der Waals surface area contributed by atoms with Gasteiger partial charge in [-0.3, -0.25) is 0 Å². The van der Waals surface area contributed by atoms with Crippen LogP contribution in [0.5, 0.6) is 0 Å². The zero-order chi connectivity index (χ0) is 11.5. The molecule has 0 bridgehead atoms. The molecule has 2 rings (SSSR count). The molecule has 0 aliphatic rings. The second-order valence-corrected chi connectivity index (χ2v) is 4.20. The highest BCUT2D eigenvalue weighted by Gasteiger charge is 2.09. The molecule has 0 saturated carbocycles. The number of nitriles is 1. The minimum Gasteiger partial charge on any atom is -0.206 e. The van der Waals surface area contributed by atoms with Crippen LogP contribution in [0.3, 0.4) is 0 Å². The lowest BCUT2D eigenvalue weighted by Crippen LogP contribution is -1.88. The Hall–Kier alpha value is -1.66. The molecule has 0 atom stereocenters. The predicted molar refractivity (Wildman–Crippen MR) is 64.3 cm³/mol. The molecule has 2 aromatic rings. The Balaban J connectivity index is 2.68. The minimum absolute atomic E-state index is 0.328. The summed E-state index contributed by atoms with van der Waals surface area (Å²) in [6.07, 6.45) is 0. The van der Waals surface area contributed by atoms with Crippen LogP contribution in [0.1, 0.15) is 5.56 Å². The molecule has 0 spiro atoms. The Kier molecular flexibility index (Phi) is 3.02. The standard InChI is InChI=1S/C13H7BrFN/c14-10-5-6-13(15)12(7-10)11-4-2-1-3-9(11)8-16/h1-7H. The van der Waals surface area contributed by atoms with Gasteiger partial charge in [0, 0.05) is 15.6 Å². The fraction of sp³-hybridized carbons (Fsp3) is 0. The quantitative estimate of drug-likeness (QED) is 0.768. The molecule has 0 saturated heterocycles. The summed E-state index contributed by atoms with van der Waals surface area (Å²) < 4.78 is 14.4. The van der Waals surface area contributed by atoms with Crippen LogP contribution in [-0.2, 0) is 0 Å². The number of benzene rings is 2. The van der Waals surface area contributed by atoms with Gasteiger partial charge in [0.2, 0.25) is 0 Å². The first-order valence-electron chi connectivity index (χ1n) is 4.67. The van der Waals surface area contributed by atoms with E-state index in [4.69, 9.17) is 5.26 Å². The highest BCUT2D eigenvalue weighted by molar-refractivity contribution is 9.10. The Morgan fingerprint density at radius 3 is 2.56 bits per heavy atom. The summed E-state index contributed by atoms with van der Waals surface area (Å²) in [6.45, 7) is 0. The highest BCUT2D eigenvalue weighted by atomic mass is 79.9. The van der Waals surface area contributed by atoms with Gasteiger partial charge in [0.05, 0.1) is 11.6 Å². The van der Waals surface area contributed by atoms with Crippen LogP contribution in [0.2, 0.25) is 0 Å². The SMILES string of the molecule is N#Cc1ccccc1-c1cc(Br)ccc1F. The monoisotopic (exact) mass is 275 g/mol. The van der Waals surface area contributed by atoms with E-state index in [9.17, 15) is 4.39 Å². The molecule has 0 aromatic heterocycles. The van der Waals surface area contributed by atoms with Gasteiger partial charge >= 0.3 is 0 Å². The van der Waals surface area contributed by atoms with E-state index in [1.165, 1.54) is 6.07 Å². The van der Waals surface area contributed by atoms with Crippen molar-refractivity contribution >= 4 is 15.9 Å². The second kappa shape index (κ2) is 4.46. The molecular weight excluding hydrogens is 269 g/mol. The first-order valence-corrected chi connectivity index (χ1v) is 5.46. The molecule has 0 heterocycles. The number of rotatable bonds is 1. The summed E-state index contributed by atoms with van der Waals surface area (Å²) in [6, 6.07) is 13.7. The number of halogens is 2. The molecule has 78 valence electrons. The lowest BCUT2D eigenvalue weighted by atomic mass is 10.0. The van der Waals surface area contributed by atoms with Crippen molar-refractivity contribution in [1.82, 2.24) is 0 Å². The smallest absolute Gasteiger partial charge is 0.131 e. The zero-order valence-corrected chi connectivity index (χ0v) is 9.83. The molecule has 3 heteroatoms. The van der Waals surface area contributed by atoms with E-state index in [0.717, 1.165) is 4.47 Å². The average Bonchev–Trinajstić information content (AvgIpc) is 2.32. The molecule has 0 radical (unpaired) electrons. The third-order valence-electron chi connectivity index (χ3n) is 2.27. The predicted octanol–water partition coefficient (Wildman–Crippen LogP) is 4.13. The van der Waals surface area contributed by atoms with Gasteiger partial charge in [0.25, 0.3) is 0 Å². The third kappa shape index (κ3) is 1.98. The molecule has 1 nitrogen and oxygen atoms in total. The third-order valence-corrected chi connectivity index (χ3v) is 2.76. The van der Waals surface area contributed by atoms with Gasteiger partial charge in [-0.2, -0.15) is 5.26 Å². The molecule has 0 aliphatic carbocycles. The summed E-state index contributed by atoms with van der Waals surface area (Å²) in [5.41, 5.74) is 1.52. The van der Waals surface area contributed by atoms with E-state index < -0.39 is 0 Å². The van der Waals surface area contributed by atoms with Crippen LogP contribution in [-0.4, -0.2) is 0 Å². The summed E-state index contributed by atoms with van der Waals surface area (Å²) in [5, 5.41) is 8.96. The molecule has 0 fully saturated rings. The van der Waals surface area contributed by atoms with Gasteiger partial charge in [0.1, 0.15) is 5.82 Å². The first-order chi connectivity index (χ1) is 7.72. The van der Waals surface area contributed by atoms with Crippen molar-refractivity contribution < 1.29 is 4.39 Å². The first kappa shape index (κ1) is 10.8. The molecule has 0 unspecified atom stereocenters. The maximum Gasteiger partial charge on any atom is 0.131 e. The summed E-state index contributed by atoms with van der Waals surface area (Å²) >= 11 is 3.29. The zero-order valence-electron chi connectivity index (χ0n) is 8.24. The number of hydrogen-bond acceptors (Lipinski definition) is 1. The minimum atomic E-state index is -0.328. The average molecular weight is 276 g/mol. The lowest BCUT2D eigenvalue weighted by molar-refractivity contribution is 0.631. The molecule has 16 heavy (non-hydrogen) atoms. The van der Waals surface area contributed by atoms with Crippen molar-refractivity contribution in [2.24, 2.45) is 0 Å². The van der Waals surface area contributed by atoms with Gasteiger partial charge in [-0.1, -0.05) is 34.1 Å². The van der Waals surface area contributed by atoms with Crippen molar-refractivity contribution in [2.75, 3.05) is 0 Å². The van der Waals surface area contributed by atoms with Crippen molar-refractivity contribution in [3.63, 3.8) is 0 Å². The molecule has 2 aromatic carbocycles. The Morgan fingerprint density at radius 2 is 1.81 bits per heavy atom. The maximum absolute atomic E-state index is 13.6. The summed E-state index contributed by atoms with van der Waals surface area (Å²) in [7, 11) is 0. The normalized spacial score (nSPS) is 9.81. The van der Waals surface area contributed by atoms with E-state index in [1.807, 2.05) is 0 Å². The molecular formula is C13H7BrFN. The largest absolute Gasteiger partial charge is 0.206 e. The van der Waals surface area contributed by atoms with Crippen LogP contribution < -0.4 is 0 Å². The fourth-order valence-electron chi connectivity index (χ4n) is 1.52. The van der Waals surface area contributed by atoms with Gasteiger partial charge in [-0.05, 0) is 24.3 Å². The van der Waals surface area contributed by atoms with Gasteiger partial charge in [-0.25, -0.2) is 4.39 Å². The number of nitrogens with zero attached hydrogens (tertiary/aromatic N) is 1. The van der Waals surface area contributed by atoms with Crippen LogP contribution in [0.25, 0.3) is 11.1 Å². The van der Waals surface area contributed by atoms with Crippen molar-refractivity contribution in [3.05, 3.63) is 58.3 Å². The number of hydrogen-bond donors (Lipinski definition) is 0. The van der Waals surface area contributed by atoms with E-state index in [-0.39, 0.29) is 5.82 Å². The molecule has 0 aliphatic heterocycles. The fourth-order valence-corrected chi connectivity index (χ4v) is 1.88. The second-order valence-electron chi connectivity index (χ2n) is 3.28. The van der Waals surface area contributed by atoms with Crippen LogP contribution in [0.4, 0.5) is 4.39 Å². The van der Waals surface area contributed by atoms with Gasteiger partial charge < -0.3 is 0 Å². The topological polar surface area (TPSA) is 23.8 Å². The lowest BCUT2D eigenvalue weighted by Gasteiger charge is -2.05. The molecule has 0 amide bonds. The van der Waals surface area contributed by atoms with Crippen LogP contribution in [0, 0.1) is 17.1 Å². The van der Waals surface area contributed by atoms with Gasteiger partial charge in [0.15, 0.2) is 0 Å². The van der Waals surface area contributed by atoms with E-state index in [0.29, 0.717) is 16.7 Å². The maximum atomic E-state index is 13.6. The van der Waals surface area contributed by atoms with Crippen LogP contribution in [0.15, 0.2) is 46.9 Å². The Labute approximate surface area is 101 Å². The Bertz CT molecular complexity index is 572. The van der Waals surface area contributed by atoms with Gasteiger partial charge in [-0.15, -0.1) is 0 Å². The van der Waals surface area contributed by atoms with Crippen molar-refractivity contribution in [2.45, 2.75) is 0 Å². The summed E-state index contributed by atoms with van der Waals surface area (Å²) in [4.78, 5) is 0. The van der Waals surface area contributed by atoms with Crippen molar-refractivity contribution in [3.8, 4) is 17.2 Å². The van der Waals surface area contributed by atoms with E-state index in [2.05, 4.69) is 22.0 Å². The highest BCUT2D eigenvalue weighted by Crippen LogP contribution is 2.28. The van der Waals surface area contributed by atoms with E-state index >= 15 is 0 Å². The summed E-state index contributed by atoms with van der Waals surface area (Å²) in [5.74, 6) is -0.328.